The van der Waals surface area contributed by atoms with Crippen molar-refractivity contribution in [1.82, 2.24) is 14.7 Å². The van der Waals surface area contributed by atoms with Crippen LogP contribution in [0.25, 0.3) is 0 Å². The number of alkyl halides is 1. The van der Waals surface area contributed by atoms with Crippen LogP contribution in [0.3, 0.4) is 0 Å². The van der Waals surface area contributed by atoms with Gasteiger partial charge < -0.3 is 4.90 Å². The predicted octanol–water partition coefficient (Wildman–Crippen LogP) is 3.31. The lowest BCUT2D eigenvalue weighted by Gasteiger charge is -2.22. The van der Waals surface area contributed by atoms with Crippen molar-refractivity contribution in [2.75, 3.05) is 5.88 Å². The molecule has 1 aromatic heterocycles. The Hall–Kier alpha value is -1.81. The fourth-order valence-corrected chi connectivity index (χ4v) is 2.66. The summed E-state index contributed by atoms with van der Waals surface area (Å²) in [6.45, 7) is 5.30. The quantitative estimate of drug-likeness (QED) is 0.766. The summed E-state index contributed by atoms with van der Waals surface area (Å²) < 4.78 is 1.80. The van der Waals surface area contributed by atoms with E-state index in [1.807, 2.05) is 43.6 Å². The van der Waals surface area contributed by atoms with Crippen LogP contribution in [0, 0.1) is 0 Å². The van der Waals surface area contributed by atoms with Crippen molar-refractivity contribution in [2.24, 2.45) is 7.05 Å². The van der Waals surface area contributed by atoms with Gasteiger partial charge in [-0.25, -0.2) is 0 Å². The minimum Gasteiger partial charge on any atom is -0.333 e. The van der Waals surface area contributed by atoms with Crippen molar-refractivity contribution in [3.63, 3.8) is 0 Å². The lowest BCUT2D eigenvalue weighted by atomic mass is 10.1. The Morgan fingerprint density at radius 1 is 1.27 bits per heavy atom. The summed E-state index contributed by atoms with van der Waals surface area (Å²) in [5, 5.41) is 4.50. The van der Waals surface area contributed by atoms with Gasteiger partial charge in [0, 0.05) is 31.9 Å². The van der Waals surface area contributed by atoms with Crippen LogP contribution in [0.5, 0.6) is 0 Å². The Balaban J connectivity index is 2.22. The maximum absolute atomic E-state index is 12.2. The summed E-state index contributed by atoms with van der Waals surface area (Å²) in [6.07, 6.45) is 1.98. The molecule has 5 heteroatoms. The van der Waals surface area contributed by atoms with Gasteiger partial charge in [0.15, 0.2) is 0 Å². The lowest BCUT2D eigenvalue weighted by Crippen LogP contribution is -2.31. The summed E-state index contributed by atoms with van der Waals surface area (Å²) in [5.74, 6) is 0.245. The molecule has 0 N–H and O–H groups in total. The fourth-order valence-electron chi connectivity index (χ4n) is 2.49. The summed E-state index contributed by atoms with van der Waals surface area (Å²) in [5.41, 5.74) is 3.20. The molecular weight excluding hydrogens is 298 g/mol. The Bertz CT molecular complexity index is 622. The molecule has 0 radical (unpaired) electrons. The molecule has 0 unspecified atom stereocenters. The van der Waals surface area contributed by atoms with Crippen LogP contribution >= 0.6 is 11.6 Å². The zero-order chi connectivity index (χ0) is 16.1. The van der Waals surface area contributed by atoms with Gasteiger partial charge in [0.2, 0.25) is 5.91 Å². The fraction of sp³-hybridized carbons (Fsp3) is 0.412. The molecule has 0 saturated heterocycles. The molecule has 1 heterocycles. The molecule has 22 heavy (non-hydrogen) atoms. The highest BCUT2D eigenvalue weighted by atomic mass is 35.5. The molecule has 0 spiro atoms. The topological polar surface area (TPSA) is 38.1 Å². The van der Waals surface area contributed by atoms with E-state index in [1.54, 1.807) is 9.58 Å². The van der Waals surface area contributed by atoms with Gasteiger partial charge in [-0.15, -0.1) is 11.6 Å². The molecule has 0 saturated carbocycles. The van der Waals surface area contributed by atoms with Crippen LogP contribution in [-0.4, -0.2) is 26.5 Å². The van der Waals surface area contributed by atoms with E-state index in [-0.39, 0.29) is 11.8 Å². The smallest absolute Gasteiger partial charge is 0.238 e. The molecule has 0 fully saturated rings. The average molecular weight is 320 g/mol. The largest absolute Gasteiger partial charge is 0.333 e. The molecule has 0 aliphatic carbocycles. The molecule has 0 aliphatic heterocycles. The molecule has 4 nitrogen and oxygen atoms in total. The summed E-state index contributed by atoms with van der Waals surface area (Å²) >= 11 is 5.77. The third-order valence-electron chi connectivity index (χ3n) is 3.53. The van der Waals surface area contributed by atoms with Crippen molar-refractivity contribution in [3.05, 3.63) is 53.3 Å². The number of carbonyl (C=O) groups excluding carboxylic acids is 1. The summed E-state index contributed by atoms with van der Waals surface area (Å²) in [6, 6.07) is 9.95. The Morgan fingerprint density at radius 3 is 2.55 bits per heavy atom. The van der Waals surface area contributed by atoms with Gasteiger partial charge >= 0.3 is 0 Å². The van der Waals surface area contributed by atoms with E-state index < -0.39 is 0 Å². The second-order valence-corrected chi connectivity index (χ2v) is 6.00. The van der Waals surface area contributed by atoms with Crippen LogP contribution in [-0.2, 0) is 24.9 Å². The van der Waals surface area contributed by atoms with Crippen molar-refractivity contribution >= 4 is 17.5 Å². The zero-order valence-corrected chi connectivity index (χ0v) is 14.0. The number of carbonyl (C=O) groups is 1. The third-order valence-corrected chi connectivity index (χ3v) is 3.76. The number of halogens is 1. The molecule has 2 rings (SSSR count). The molecule has 1 amide bonds. The Morgan fingerprint density at radius 2 is 1.95 bits per heavy atom. The van der Waals surface area contributed by atoms with Crippen molar-refractivity contribution < 1.29 is 4.79 Å². The second kappa shape index (κ2) is 7.45. The highest BCUT2D eigenvalue weighted by Gasteiger charge is 2.18. The monoisotopic (exact) mass is 319 g/mol. The van der Waals surface area contributed by atoms with E-state index in [0.717, 1.165) is 16.8 Å². The van der Waals surface area contributed by atoms with Gasteiger partial charge in [0.1, 0.15) is 5.88 Å². The van der Waals surface area contributed by atoms with Gasteiger partial charge in [0.05, 0.1) is 5.69 Å². The SMILES string of the molecule is CC(C)c1nn(C)cc1CN(Cc1ccccc1)C(=O)CCl. The van der Waals surface area contributed by atoms with E-state index >= 15 is 0 Å². The molecule has 0 atom stereocenters. The van der Waals surface area contributed by atoms with E-state index in [0.29, 0.717) is 19.0 Å². The molecule has 0 aliphatic rings. The van der Waals surface area contributed by atoms with Crippen molar-refractivity contribution in [3.8, 4) is 0 Å². The maximum atomic E-state index is 12.2. The van der Waals surface area contributed by atoms with Gasteiger partial charge in [-0.1, -0.05) is 44.2 Å². The number of rotatable bonds is 6. The Kier molecular flexibility index (Phi) is 5.61. The zero-order valence-electron chi connectivity index (χ0n) is 13.3. The van der Waals surface area contributed by atoms with Crippen LogP contribution in [0.15, 0.2) is 36.5 Å². The summed E-state index contributed by atoms with van der Waals surface area (Å²) in [4.78, 5) is 14.0. The van der Waals surface area contributed by atoms with E-state index in [4.69, 9.17) is 11.6 Å². The van der Waals surface area contributed by atoms with E-state index in [9.17, 15) is 4.79 Å². The van der Waals surface area contributed by atoms with Crippen LogP contribution in [0.2, 0.25) is 0 Å². The summed E-state index contributed by atoms with van der Waals surface area (Å²) in [7, 11) is 1.90. The van der Waals surface area contributed by atoms with Gasteiger partial charge in [-0.05, 0) is 11.5 Å². The van der Waals surface area contributed by atoms with Gasteiger partial charge in [-0.3, -0.25) is 9.48 Å². The number of aromatic nitrogens is 2. The predicted molar refractivity (Wildman–Crippen MR) is 88.7 cm³/mol. The van der Waals surface area contributed by atoms with E-state index in [1.165, 1.54) is 0 Å². The van der Waals surface area contributed by atoms with E-state index in [2.05, 4.69) is 18.9 Å². The van der Waals surface area contributed by atoms with Crippen LogP contribution in [0.4, 0.5) is 0 Å². The molecule has 118 valence electrons. The lowest BCUT2D eigenvalue weighted by molar-refractivity contribution is -0.129. The first kappa shape index (κ1) is 16.6. The number of benzene rings is 1. The molecular formula is C17H22ClN3O. The molecule has 2 aromatic rings. The van der Waals surface area contributed by atoms with Gasteiger partial charge in [-0.2, -0.15) is 5.10 Å². The Labute approximate surface area is 136 Å². The number of hydrogen-bond acceptors (Lipinski definition) is 2. The van der Waals surface area contributed by atoms with Crippen molar-refractivity contribution in [1.29, 1.82) is 0 Å². The highest BCUT2D eigenvalue weighted by Crippen LogP contribution is 2.20. The average Bonchev–Trinajstić information content (AvgIpc) is 2.88. The van der Waals surface area contributed by atoms with Crippen molar-refractivity contribution in [2.45, 2.75) is 32.9 Å². The number of nitrogens with zero attached hydrogens (tertiary/aromatic N) is 3. The first-order chi connectivity index (χ1) is 10.5. The minimum atomic E-state index is -0.0657. The van der Waals surface area contributed by atoms with Gasteiger partial charge in [0.25, 0.3) is 0 Å². The second-order valence-electron chi connectivity index (χ2n) is 5.74. The third kappa shape index (κ3) is 4.10. The standard InChI is InChI=1S/C17H22ClN3O/c1-13(2)17-15(11-20(3)19-17)12-21(16(22)9-18)10-14-7-5-4-6-8-14/h4-8,11,13H,9-10,12H2,1-3H3. The first-order valence-electron chi connectivity index (χ1n) is 7.41. The highest BCUT2D eigenvalue weighted by molar-refractivity contribution is 6.27. The number of aryl methyl sites for hydroxylation is 1. The number of hydrogen-bond donors (Lipinski definition) is 0. The molecule has 1 aromatic carbocycles. The first-order valence-corrected chi connectivity index (χ1v) is 7.94. The van der Waals surface area contributed by atoms with Crippen LogP contribution < -0.4 is 0 Å². The number of amides is 1. The maximum Gasteiger partial charge on any atom is 0.238 e. The normalized spacial score (nSPS) is 11.0. The minimum absolute atomic E-state index is 0.00981. The van der Waals surface area contributed by atoms with Crippen LogP contribution in [0.1, 0.15) is 36.6 Å². The molecule has 0 bridgehead atoms.